The van der Waals surface area contributed by atoms with Gasteiger partial charge < -0.3 is 15.4 Å². The predicted molar refractivity (Wildman–Crippen MR) is 126 cm³/mol. The van der Waals surface area contributed by atoms with Gasteiger partial charge in [-0.25, -0.2) is 4.79 Å². The maximum atomic E-state index is 13.2. The van der Waals surface area contributed by atoms with E-state index in [4.69, 9.17) is 4.74 Å². The molecule has 1 heterocycles. The predicted octanol–water partition coefficient (Wildman–Crippen LogP) is 3.73. The number of rotatable bonds is 5. The molecule has 0 fully saturated rings. The summed E-state index contributed by atoms with van der Waals surface area (Å²) < 4.78 is 5.55. The van der Waals surface area contributed by atoms with Crippen molar-refractivity contribution in [1.29, 1.82) is 0 Å². The summed E-state index contributed by atoms with van der Waals surface area (Å²) in [5.41, 5.74) is 2.28. The number of fused-ring (bicyclic) bond motifs is 1. The van der Waals surface area contributed by atoms with Gasteiger partial charge in [0.2, 0.25) is 11.8 Å². The molecular formula is C26H33N3O4. The van der Waals surface area contributed by atoms with Crippen LogP contribution in [0.5, 0.6) is 0 Å². The van der Waals surface area contributed by atoms with E-state index in [1.807, 2.05) is 61.5 Å². The second-order valence-electron chi connectivity index (χ2n) is 9.47. The summed E-state index contributed by atoms with van der Waals surface area (Å²) in [4.78, 5) is 40.3. The Morgan fingerprint density at radius 1 is 0.939 bits per heavy atom. The molecule has 3 rings (SSSR count). The number of carbonyl (C=O) groups is 3. The molecule has 176 valence electrons. The van der Waals surface area contributed by atoms with E-state index in [1.165, 1.54) is 4.90 Å². The smallest absolute Gasteiger partial charge is 0.411 e. The quantitative estimate of drug-likeness (QED) is 0.725. The monoisotopic (exact) mass is 451 g/mol. The zero-order valence-electron chi connectivity index (χ0n) is 19.9. The molecule has 2 N–H and O–H groups in total. The molecule has 1 aliphatic rings. The highest BCUT2D eigenvalue weighted by atomic mass is 16.6. The summed E-state index contributed by atoms with van der Waals surface area (Å²) in [6, 6.07) is 15.6. The molecule has 0 aromatic heterocycles. The van der Waals surface area contributed by atoms with Crippen molar-refractivity contribution >= 4 is 17.9 Å². The van der Waals surface area contributed by atoms with E-state index in [0.29, 0.717) is 6.42 Å². The number of nitrogens with zero attached hydrogens (tertiary/aromatic N) is 1. The highest BCUT2D eigenvalue weighted by Gasteiger charge is 2.37. The van der Waals surface area contributed by atoms with Crippen LogP contribution in [0.1, 0.15) is 57.4 Å². The number of benzene rings is 2. The molecule has 0 saturated heterocycles. The normalized spacial score (nSPS) is 17.4. The van der Waals surface area contributed by atoms with Crippen LogP contribution >= 0.6 is 0 Å². The Morgan fingerprint density at radius 2 is 1.55 bits per heavy atom. The first-order valence-electron chi connectivity index (χ1n) is 11.3. The van der Waals surface area contributed by atoms with Crippen molar-refractivity contribution in [3.8, 4) is 0 Å². The van der Waals surface area contributed by atoms with Crippen molar-refractivity contribution in [2.24, 2.45) is 0 Å². The minimum atomic E-state index is -0.767. The molecule has 0 spiro atoms. The Balaban J connectivity index is 1.71. The number of nitrogens with one attached hydrogen (secondary N) is 2. The Kier molecular flexibility index (Phi) is 7.41. The molecule has 3 amide bonds. The first-order valence-corrected chi connectivity index (χ1v) is 11.3. The number of carbonyl (C=O) groups excluding carboxylic acids is 3. The highest BCUT2D eigenvalue weighted by Crippen LogP contribution is 2.25. The van der Waals surface area contributed by atoms with Gasteiger partial charge in [-0.1, -0.05) is 54.6 Å². The van der Waals surface area contributed by atoms with Gasteiger partial charge in [0.25, 0.3) is 0 Å². The van der Waals surface area contributed by atoms with Crippen LogP contribution in [-0.4, -0.2) is 40.5 Å². The zero-order valence-corrected chi connectivity index (χ0v) is 19.9. The van der Waals surface area contributed by atoms with Crippen LogP contribution in [0.3, 0.4) is 0 Å². The number of hydrogen-bond donors (Lipinski definition) is 2. The SMILES string of the molecule is C[C@@H](NC(=O)[C@@H]1Cc2ccccc2CN1C(=O)OC(C)(C)C)C(=O)N[C@H](C)c1ccccc1. The van der Waals surface area contributed by atoms with Gasteiger partial charge in [0.15, 0.2) is 0 Å². The van der Waals surface area contributed by atoms with Crippen LogP contribution in [0.4, 0.5) is 4.79 Å². The molecule has 0 aliphatic carbocycles. The number of amides is 3. The van der Waals surface area contributed by atoms with Crippen LogP contribution < -0.4 is 10.6 Å². The zero-order chi connectivity index (χ0) is 24.2. The lowest BCUT2D eigenvalue weighted by molar-refractivity contribution is -0.132. The fourth-order valence-electron chi connectivity index (χ4n) is 3.81. The molecule has 0 radical (unpaired) electrons. The van der Waals surface area contributed by atoms with Crippen molar-refractivity contribution in [3.63, 3.8) is 0 Å². The van der Waals surface area contributed by atoms with Gasteiger partial charge in [0.1, 0.15) is 17.7 Å². The third-order valence-electron chi connectivity index (χ3n) is 5.59. The van der Waals surface area contributed by atoms with Crippen LogP contribution in [0.2, 0.25) is 0 Å². The third-order valence-corrected chi connectivity index (χ3v) is 5.59. The van der Waals surface area contributed by atoms with E-state index in [1.54, 1.807) is 27.7 Å². The average Bonchev–Trinajstić information content (AvgIpc) is 2.77. The Bertz CT molecular complexity index is 1000. The first kappa shape index (κ1) is 24.3. The molecular weight excluding hydrogens is 418 g/mol. The maximum Gasteiger partial charge on any atom is 0.411 e. The molecule has 3 atom stereocenters. The molecule has 2 aromatic rings. The third kappa shape index (κ3) is 6.34. The lowest BCUT2D eigenvalue weighted by Crippen LogP contribution is -2.56. The van der Waals surface area contributed by atoms with Crippen molar-refractivity contribution in [1.82, 2.24) is 15.5 Å². The van der Waals surface area contributed by atoms with E-state index < -0.39 is 23.8 Å². The highest BCUT2D eigenvalue weighted by molar-refractivity contribution is 5.91. The maximum absolute atomic E-state index is 13.2. The van der Waals surface area contributed by atoms with E-state index in [9.17, 15) is 14.4 Å². The minimum Gasteiger partial charge on any atom is -0.444 e. The molecule has 7 nitrogen and oxygen atoms in total. The minimum absolute atomic E-state index is 0.196. The molecule has 1 aliphatic heterocycles. The molecule has 33 heavy (non-hydrogen) atoms. The van der Waals surface area contributed by atoms with Crippen LogP contribution in [0.25, 0.3) is 0 Å². The summed E-state index contributed by atoms with van der Waals surface area (Å²) in [7, 11) is 0. The number of hydrogen-bond acceptors (Lipinski definition) is 4. The Hall–Kier alpha value is -3.35. The fraction of sp³-hybridized carbons (Fsp3) is 0.423. The van der Waals surface area contributed by atoms with Gasteiger partial charge in [-0.05, 0) is 51.3 Å². The summed E-state index contributed by atoms with van der Waals surface area (Å²) >= 11 is 0. The van der Waals surface area contributed by atoms with Gasteiger partial charge in [-0.15, -0.1) is 0 Å². The van der Waals surface area contributed by atoms with Gasteiger partial charge in [0, 0.05) is 6.42 Å². The Morgan fingerprint density at radius 3 is 2.18 bits per heavy atom. The second kappa shape index (κ2) is 10.1. The first-order chi connectivity index (χ1) is 15.5. The van der Waals surface area contributed by atoms with Gasteiger partial charge >= 0.3 is 6.09 Å². The summed E-state index contributed by atoms with van der Waals surface area (Å²) in [6.07, 6.45) is -0.192. The topological polar surface area (TPSA) is 87.7 Å². The van der Waals surface area contributed by atoms with Crippen molar-refractivity contribution in [3.05, 3.63) is 71.3 Å². The van der Waals surface area contributed by atoms with Crippen LogP contribution in [0, 0.1) is 0 Å². The standard InChI is InChI=1S/C26H33N3O4/c1-17(19-11-7-6-8-12-19)27-23(30)18(2)28-24(31)22-15-20-13-9-10-14-21(20)16-29(22)25(32)33-26(3,4)5/h6-14,17-18,22H,15-16H2,1-5H3,(H,27,30)(H,28,31)/t17-,18-,22+/m1/s1. The van der Waals surface area contributed by atoms with Crippen molar-refractivity contribution < 1.29 is 19.1 Å². The summed E-state index contributed by atoms with van der Waals surface area (Å²) in [6.45, 7) is 9.17. The average molecular weight is 452 g/mol. The van der Waals surface area contributed by atoms with Crippen molar-refractivity contribution in [2.75, 3.05) is 0 Å². The van der Waals surface area contributed by atoms with E-state index in [0.717, 1.165) is 16.7 Å². The molecule has 2 aromatic carbocycles. The van der Waals surface area contributed by atoms with Crippen LogP contribution in [-0.2, 0) is 27.3 Å². The fourth-order valence-corrected chi connectivity index (χ4v) is 3.81. The second-order valence-corrected chi connectivity index (χ2v) is 9.47. The summed E-state index contributed by atoms with van der Waals surface area (Å²) in [5.74, 6) is -0.676. The van der Waals surface area contributed by atoms with Crippen LogP contribution in [0.15, 0.2) is 54.6 Å². The van der Waals surface area contributed by atoms with Crippen molar-refractivity contribution in [2.45, 2.75) is 71.3 Å². The van der Waals surface area contributed by atoms with E-state index >= 15 is 0 Å². The summed E-state index contributed by atoms with van der Waals surface area (Å²) in [5, 5.41) is 5.71. The van der Waals surface area contributed by atoms with E-state index in [2.05, 4.69) is 10.6 Å². The molecule has 0 saturated carbocycles. The molecule has 7 heteroatoms. The largest absolute Gasteiger partial charge is 0.444 e. The molecule has 0 bridgehead atoms. The lowest BCUT2D eigenvalue weighted by atomic mass is 9.93. The van der Waals surface area contributed by atoms with Gasteiger partial charge in [-0.2, -0.15) is 0 Å². The Labute approximate surface area is 195 Å². The van der Waals surface area contributed by atoms with E-state index in [-0.39, 0.29) is 24.4 Å². The lowest BCUT2D eigenvalue weighted by Gasteiger charge is -2.37. The number of ether oxygens (including phenoxy) is 1. The molecule has 0 unspecified atom stereocenters. The van der Waals surface area contributed by atoms with Gasteiger partial charge in [-0.3, -0.25) is 14.5 Å². The van der Waals surface area contributed by atoms with Gasteiger partial charge in [0.05, 0.1) is 12.6 Å².